The van der Waals surface area contributed by atoms with Gasteiger partial charge in [-0.05, 0) is 43.2 Å². The number of nitrogens with zero attached hydrogens (tertiary/aromatic N) is 1. The van der Waals surface area contributed by atoms with Crippen molar-refractivity contribution >= 4 is 17.2 Å². The number of thiazole rings is 1. The monoisotopic (exact) mass is 484 g/mol. The lowest BCUT2D eigenvalue weighted by Gasteiger charge is -2.08. The lowest BCUT2D eigenvalue weighted by atomic mass is 10.1. The molecule has 0 aliphatic rings. The molecule has 0 unspecified atom stereocenters. The van der Waals surface area contributed by atoms with Gasteiger partial charge in [-0.3, -0.25) is 4.79 Å². The van der Waals surface area contributed by atoms with Gasteiger partial charge in [-0.15, -0.1) is 11.3 Å². The van der Waals surface area contributed by atoms with Crippen molar-refractivity contribution in [2.24, 2.45) is 0 Å². The first-order chi connectivity index (χ1) is 17.1. The lowest BCUT2D eigenvalue weighted by Crippen LogP contribution is -2.22. The molecule has 3 aromatic carbocycles. The number of rotatable bonds is 11. The molecule has 0 spiro atoms. The average molecular weight is 485 g/mol. The van der Waals surface area contributed by atoms with Crippen LogP contribution in [0.15, 0.2) is 78.2 Å². The van der Waals surface area contributed by atoms with Gasteiger partial charge in [0.1, 0.15) is 10.8 Å². The number of unbranched alkanes of at least 4 members (excludes halogenated alkanes) is 3. The van der Waals surface area contributed by atoms with Crippen LogP contribution >= 0.6 is 11.3 Å². The maximum atomic E-state index is 12.5. The second kappa shape index (κ2) is 12.3. The number of aromatic nitrogens is 1. The molecule has 0 fully saturated rings. The molecule has 0 saturated carbocycles. The maximum Gasteiger partial charge on any atom is 0.251 e. The molecule has 35 heavy (non-hydrogen) atoms. The maximum absolute atomic E-state index is 12.5. The molecule has 0 atom stereocenters. The highest BCUT2D eigenvalue weighted by molar-refractivity contribution is 7.13. The molecule has 4 rings (SSSR count). The third-order valence-corrected chi connectivity index (χ3v) is 6.78. The molecule has 1 heterocycles. The van der Waals surface area contributed by atoms with Gasteiger partial charge < -0.3 is 10.1 Å². The van der Waals surface area contributed by atoms with E-state index in [-0.39, 0.29) is 5.91 Å². The van der Waals surface area contributed by atoms with Gasteiger partial charge in [0, 0.05) is 28.6 Å². The summed E-state index contributed by atoms with van der Waals surface area (Å²) in [6.45, 7) is 5.48. The Kier molecular flexibility index (Phi) is 8.68. The van der Waals surface area contributed by atoms with Crippen LogP contribution < -0.4 is 10.1 Å². The molecule has 180 valence electrons. The largest absolute Gasteiger partial charge is 0.494 e. The average Bonchev–Trinajstić information content (AvgIpc) is 3.39. The van der Waals surface area contributed by atoms with Crippen molar-refractivity contribution in [3.8, 4) is 27.6 Å². The number of ether oxygens (including phenoxy) is 1. The van der Waals surface area contributed by atoms with Crippen LogP contribution in [0.3, 0.4) is 0 Å². The highest BCUT2D eigenvalue weighted by Gasteiger charge is 2.09. The molecule has 0 aliphatic heterocycles. The Hall–Kier alpha value is -3.44. The molecule has 0 bridgehead atoms. The number of aryl methyl sites for hydroxylation is 1. The molecular weight excluding hydrogens is 452 g/mol. The van der Waals surface area contributed by atoms with Crippen LogP contribution in [0.4, 0.5) is 0 Å². The summed E-state index contributed by atoms with van der Waals surface area (Å²) in [6, 6.07) is 24.0. The van der Waals surface area contributed by atoms with Crippen molar-refractivity contribution in [2.45, 2.75) is 46.1 Å². The van der Waals surface area contributed by atoms with Gasteiger partial charge in [-0.2, -0.15) is 0 Å². The SMILES string of the molecule is CCCCCCOc1ccc(C(=O)NCc2ccc(-c3nc(-c4ccc(C)cc4)cs3)cc2)cc1. The molecule has 1 amide bonds. The molecule has 0 aliphatic carbocycles. The zero-order chi connectivity index (χ0) is 24.5. The zero-order valence-electron chi connectivity index (χ0n) is 20.4. The van der Waals surface area contributed by atoms with E-state index in [1.54, 1.807) is 11.3 Å². The van der Waals surface area contributed by atoms with Crippen LogP contribution in [0.1, 0.15) is 54.1 Å². The molecule has 4 aromatic rings. The van der Waals surface area contributed by atoms with E-state index >= 15 is 0 Å². The Bertz CT molecular complexity index is 1210. The molecule has 4 nitrogen and oxygen atoms in total. The predicted molar refractivity (Wildman–Crippen MR) is 145 cm³/mol. The number of carbonyl (C=O) groups is 1. The number of benzene rings is 3. The summed E-state index contributed by atoms with van der Waals surface area (Å²) >= 11 is 1.64. The smallest absolute Gasteiger partial charge is 0.251 e. The van der Waals surface area contributed by atoms with Gasteiger partial charge >= 0.3 is 0 Å². The molecule has 1 N–H and O–H groups in total. The zero-order valence-corrected chi connectivity index (χ0v) is 21.2. The third-order valence-electron chi connectivity index (χ3n) is 5.89. The van der Waals surface area contributed by atoms with Gasteiger partial charge in [0.05, 0.1) is 12.3 Å². The topological polar surface area (TPSA) is 51.2 Å². The van der Waals surface area contributed by atoms with Crippen LogP contribution in [-0.4, -0.2) is 17.5 Å². The second-order valence-corrected chi connectivity index (χ2v) is 9.58. The normalized spacial score (nSPS) is 10.8. The van der Waals surface area contributed by atoms with E-state index in [4.69, 9.17) is 9.72 Å². The Morgan fingerprint density at radius 2 is 1.60 bits per heavy atom. The summed E-state index contributed by atoms with van der Waals surface area (Å²) in [7, 11) is 0. The number of hydrogen-bond donors (Lipinski definition) is 1. The van der Waals surface area contributed by atoms with Crippen LogP contribution in [0.2, 0.25) is 0 Å². The molecule has 0 saturated heterocycles. The van der Waals surface area contributed by atoms with Crippen molar-refractivity contribution in [2.75, 3.05) is 6.61 Å². The van der Waals surface area contributed by atoms with Crippen molar-refractivity contribution in [1.82, 2.24) is 10.3 Å². The number of amides is 1. The van der Waals surface area contributed by atoms with Crippen LogP contribution in [0, 0.1) is 6.92 Å². The first-order valence-corrected chi connectivity index (χ1v) is 13.1. The summed E-state index contributed by atoms with van der Waals surface area (Å²) in [5, 5.41) is 6.08. The van der Waals surface area contributed by atoms with E-state index in [9.17, 15) is 4.79 Å². The van der Waals surface area contributed by atoms with Crippen LogP contribution in [0.5, 0.6) is 5.75 Å². The van der Waals surface area contributed by atoms with Crippen molar-refractivity contribution in [3.05, 3.63) is 94.9 Å². The highest BCUT2D eigenvalue weighted by atomic mass is 32.1. The van der Waals surface area contributed by atoms with E-state index in [0.717, 1.165) is 46.2 Å². The summed E-state index contributed by atoms with van der Waals surface area (Å²) < 4.78 is 5.76. The molecule has 0 radical (unpaired) electrons. The Labute approximate surface area is 212 Å². The summed E-state index contributed by atoms with van der Waals surface area (Å²) in [5.41, 5.74) is 6.12. The Balaban J connectivity index is 1.27. The van der Waals surface area contributed by atoms with E-state index in [2.05, 4.69) is 60.9 Å². The molecule has 5 heteroatoms. The summed E-state index contributed by atoms with van der Waals surface area (Å²) in [4.78, 5) is 17.3. The summed E-state index contributed by atoms with van der Waals surface area (Å²) in [6.07, 6.45) is 4.71. The third kappa shape index (κ3) is 7.03. The van der Waals surface area contributed by atoms with Gasteiger partial charge in [-0.1, -0.05) is 80.3 Å². The van der Waals surface area contributed by atoms with Gasteiger partial charge in [0.2, 0.25) is 0 Å². The molecular formula is C30H32N2O2S. The fourth-order valence-corrected chi connectivity index (χ4v) is 4.57. The first-order valence-electron chi connectivity index (χ1n) is 12.3. The second-order valence-electron chi connectivity index (χ2n) is 8.72. The van der Waals surface area contributed by atoms with E-state index in [1.807, 2.05) is 36.4 Å². The fourth-order valence-electron chi connectivity index (χ4n) is 3.73. The Morgan fingerprint density at radius 1 is 0.886 bits per heavy atom. The fraction of sp³-hybridized carbons (Fsp3) is 0.267. The predicted octanol–water partition coefficient (Wildman–Crippen LogP) is 7.67. The number of carbonyl (C=O) groups excluding carboxylic acids is 1. The standard InChI is InChI=1S/C30H32N2O2S/c1-3-4-5-6-19-34-27-17-15-25(16-18-27)29(33)31-20-23-9-13-26(14-10-23)30-32-28(21-35-30)24-11-7-22(2)8-12-24/h7-18,21H,3-6,19-20H2,1-2H3,(H,31,33). The van der Waals surface area contributed by atoms with Crippen LogP contribution in [0.25, 0.3) is 21.8 Å². The van der Waals surface area contributed by atoms with E-state index in [1.165, 1.54) is 24.8 Å². The highest BCUT2D eigenvalue weighted by Crippen LogP contribution is 2.29. The number of hydrogen-bond acceptors (Lipinski definition) is 4. The van der Waals surface area contributed by atoms with E-state index < -0.39 is 0 Å². The van der Waals surface area contributed by atoms with Crippen molar-refractivity contribution in [3.63, 3.8) is 0 Å². The minimum Gasteiger partial charge on any atom is -0.494 e. The van der Waals surface area contributed by atoms with Crippen molar-refractivity contribution in [1.29, 1.82) is 0 Å². The lowest BCUT2D eigenvalue weighted by molar-refractivity contribution is 0.0951. The minimum atomic E-state index is -0.0914. The minimum absolute atomic E-state index is 0.0914. The number of nitrogens with one attached hydrogen (secondary N) is 1. The van der Waals surface area contributed by atoms with Crippen LogP contribution in [-0.2, 0) is 6.54 Å². The van der Waals surface area contributed by atoms with E-state index in [0.29, 0.717) is 12.1 Å². The Morgan fingerprint density at radius 3 is 2.31 bits per heavy atom. The first kappa shape index (κ1) is 24.7. The summed E-state index contributed by atoms with van der Waals surface area (Å²) in [5.74, 6) is 0.715. The quantitative estimate of drug-likeness (QED) is 0.222. The van der Waals surface area contributed by atoms with Crippen molar-refractivity contribution < 1.29 is 9.53 Å². The molecule has 1 aromatic heterocycles. The van der Waals surface area contributed by atoms with Gasteiger partial charge in [0.25, 0.3) is 5.91 Å². The van der Waals surface area contributed by atoms with Gasteiger partial charge in [-0.25, -0.2) is 4.98 Å². The van der Waals surface area contributed by atoms with Gasteiger partial charge in [0.15, 0.2) is 0 Å².